The molecule has 2 atom stereocenters. The zero-order valence-corrected chi connectivity index (χ0v) is 23.0. The van der Waals surface area contributed by atoms with E-state index in [1.807, 2.05) is 43.1 Å². The Hall–Kier alpha value is -3.83. The van der Waals surface area contributed by atoms with Gasteiger partial charge in [0.2, 0.25) is 10.8 Å². The van der Waals surface area contributed by atoms with E-state index in [9.17, 15) is 15.0 Å². The van der Waals surface area contributed by atoms with Crippen LogP contribution in [0.2, 0.25) is 0 Å². The van der Waals surface area contributed by atoms with Crippen LogP contribution in [0.15, 0.2) is 42.6 Å². The van der Waals surface area contributed by atoms with Crippen molar-refractivity contribution in [3.8, 4) is 32.8 Å². The predicted molar refractivity (Wildman–Crippen MR) is 153 cm³/mol. The average Bonchev–Trinajstić information content (AvgIpc) is 3.60. The molecule has 2 heterocycles. The number of rotatable bonds is 8. The Balaban J connectivity index is 1.29. The van der Waals surface area contributed by atoms with E-state index in [1.54, 1.807) is 11.3 Å². The number of carbonyl (C=O) groups excluding carboxylic acids is 1. The number of benzene rings is 2. The molecule has 0 saturated carbocycles. The molecule has 8 nitrogen and oxygen atoms in total. The molecule has 1 amide bonds. The summed E-state index contributed by atoms with van der Waals surface area (Å²) in [4.78, 5) is 34.0. The number of aromatic nitrogens is 1. The van der Waals surface area contributed by atoms with E-state index in [4.69, 9.17) is 4.74 Å². The Labute approximate surface area is 232 Å². The molecule has 0 bridgehead atoms. The molecule has 9 heteroatoms. The van der Waals surface area contributed by atoms with Crippen LogP contribution >= 0.6 is 11.3 Å². The van der Waals surface area contributed by atoms with Crippen molar-refractivity contribution < 1.29 is 9.53 Å². The van der Waals surface area contributed by atoms with Crippen molar-refractivity contribution in [3.63, 3.8) is 0 Å². The largest absolute Gasteiger partial charge is 0.490 e. The summed E-state index contributed by atoms with van der Waals surface area (Å²) >= 11 is 1.61. The molecular formula is C30H32N5O3S+. The number of carbonyl (C=O) groups is 1. The highest BCUT2D eigenvalue weighted by Crippen LogP contribution is 2.41. The minimum absolute atomic E-state index is 0.00670. The van der Waals surface area contributed by atoms with Crippen LogP contribution in [0, 0.1) is 22.2 Å². The van der Waals surface area contributed by atoms with E-state index in [0.29, 0.717) is 17.9 Å². The summed E-state index contributed by atoms with van der Waals surface area (Å²) in [5.74, 6) is 0.705. The highest BCUT2D eigenvalue weighted by molar-refractivity contribution is 7.18. The third kappa shape index (κ3) is 5.94. The Kier molecular flexibility index (Phi) is 8.18. The fourth-order valence-corrected chi connectivity index (χ4v) is 6.47. The smallest absolute Gasteiger partial charge is 0.343 e. The lowest BCUT2D eigenvalue weighted by atomic mass is 9.99. The first-order valence-electron chi connectivity index (χ1n) is 13.4. The molecule has 2 aliphatic rings. The number of likely N-dealkylation sites (tertiary alicyclic amines) is 1. The lowest BCUT2D eigenvalue weighted by Gasteiger charge is -2.29. The first-order valence-corrected chi connectivity index (χ1v) is 14.2. The van der Waals surface area contributed by atoms with Crippen molar-refractivity contribution in [2.45, 2.75) is 51.7 Å². The SMILES string of the molecule is CC(C)Oc1ccc(-c2ncc(-c3cccc4c3CCC4NCC(=O)N3CCCC(C=[N+]=O)C3)s2)cc1C#N. The van der Waals surface area contributed by atoms with Crippen LogP contribution in [-0.4, -0.2) is 47.7 Å². The minimum atomic E-state index is -0.00670. The number of amides is 1. The van der Waals surface area contributed by atoms with Crippen molar-refractivity contribution in [1.82, 2.24) is 20.1 Å². The van der Waals surface area contributed by atoms with Gasteiger partial charge < -0.3 is 15.0 Å². The van der Waals surface area contributed by atoms with Crippen LogP contribution in [-0.2, 0) is 11.2 Å². The van der Waals surface area contributed by atoms with E-state index in [1.165, 1.54) is 22.9 Å². The Morgan fingerprint density at radius 1 is 1.33 bits per heavy atom. The highest BCUT2D eigenvalue weighted by Gasteiger charge is 2.29. The first kappa shape index (κ1) is 26.8. The van der Waals surface area contributed by atoms with Gasteiger partial charge in [0, 0.05) is 30.9 Å². The summed E-state index contributed by atoms with van der Waals surface area (Å²) in [5.41, 5.74) is 5.09. The van der Waals surface area contributed by atoms with Crippen LogP contribution in [0.5, 0.6) is 5.75 Å². The predicted octanol–water partition coefficient (Wildman–Crippen LogP) is 4.86. The van der Waals surface area contributed by atoms with E-state index < -0.39 is 0 Å². The molecule has 1 aromatic heterocycles. The van der Waals surface area contributed by atoms with E-state index in [2.05, 4.69) is 39.4 Å². The molecule has 200 valence electrons. The lowest BCUT2D eigenvalue weighted by molar-refractivity contribution is -0.131. The number of ether oxygens (including phenoxy) is 1. The number of piperidine rings is 1. The topological polar surface area (TPSA) is 109 Å². The maximum Gasteiger partial charge on any atom is 0.343 e. The van der Waals surface area contributed by atoms with Crippen LogP contribution in [0.3, 0.4) is 0 Å². The summed E-state index contributed by atoms with van der Waals surface area (Å²) in [6.45, 7) is 5.45. The van der Waals surface area contributed by atoms with Crippen LogP contribution in [0.25, 0.3) is 21.0 Å². The van der Waals surface area contributed by atoms with Crippen molar-refractivity contribution in [2.24, 2.45) is 5.92 Å². The highest BCUT2D eigenvalue weighted by atomic mass is 32.1. The Morgan fingerprint density at radius 3 is 3.00 bits per heavy atom. The second-order valence-electron chi connectivity index (χ2n) is 10.4. The molecule has 1 N–H and O–H groups in total. The maximum atomic E-state index is 12.9. The fourth-order valence-electron chi connectivity index (χ4n) is 5.50. The number of hydrogen-bond donors (Lipinski definition) is 1. The van der Waals surface area contributed by atoms with Gasteiger partial charge in [-0.25, -0.2) is 4.98 Å². The molecule has 1 saturated heterocycles. The monoisotopic (exact) mass is 542 g/mol. The number of nitroso groups, excluding NO2 is 1. The van der Waals surface area contributed by atoms with Crippen molar-refractivity contribution >= 4 is 23.5 Å². The summed E-state index contributed by atoms with van der Waals surface area (Å²) < 4.78 is 5.76. The summed E-state index contributed by atoms with van der Waals surface area (Å²) in [7, 11) is 0. The quantitative estimate of drug-likeness (QED) is 0.322. The zero-order chi connectivity index (χ0) is 27.4. The molecule has 3 aromatic rings. The zero-order valence-electron chi connectivity index (χ0n) is 22.2. The summed E-state index contributed by atoms with van der Waals surface area (Å²) in [6.07, 6.45) is 6.97. The normalized spacial score (nSPS) is 18.4. The molecule has 2 unspecified atom stereocenters. The van der Waals surface area contributed by atoms with E-state index in [0.717, 1.165) is 47.7 Å². The number of nitriles is 1. The van der Waals surface area contributed by atoms with Gasteiger partial charge in [0.05, 0.1) is 29.0 Å². The fraction of sp³-hybridized carbons (Fsp3) is 0.400. The van der Waals surface area contributed by atoms with Gasteiger partial charge in [-0.15, -0.1) is 11.3 Å². The van der Waals surface area contributed by atoms with Gasteiger partial charge in [0.1, 0.15) is 16.8 Å². The molecule has 5 rings (SSSR count). The third-order valence-corrected chi connectivity index (χ3v) is 8.41. The standard InChI is InChI=1S/C30H32N5O3S/c1-19(2)38-27-11-8-21(13-22(27)14-31)30-33-16-28(39-30)25-7-3-6-24-23(25)9-10-26(24)32-17-29(36)35-12-4-5-20(18-35)15-34-37/h3,6-8,11,13,15-16,19-20,26,32H,4-5,9-10,12,17-18H2,1-2H3/q+1. The van der Waals surface area contributed by atoms with Crippen LogP contribution < -0.4 is 14.9 Å². The third-order valence-electron chi connectivity index (χ3n) is 7.33. The summed E-state index contributed by atoms with van der Waals surface area (Å²) in [5, 5.41) is 13.9. The number of nitrogens with zero attached hydrogens (tertiary/aromatic N) is 4. The van der Waals surface area contributed by atoms with E-state index in [-0.39, 0.29) is 30.5 Å². The van der Waals surface area contributed by atoms with Gasteiger partial charge >= 0.3 is 6.21 Å². The number of thiazole rings is 1. The number of hydrogen-bond acceptors (Lipinski definition) is 7. The first-order chi connectivity index (χ1) is 19.0. The van der Waals surface area contributed by atoms with Gasteiger partial charge in [-0.2, -0.15) is 5.26 Å². The van der Waals surface area contributed by atoms with Gasteiger partial charge in [-0.1, -0.05) is 18.2 Å². The van der Waals surface area contributed by atoms with Gasteiger partial charge in [-0.05, 0) is 74.4 Å². The molecule has 1 aliphatic heterocycles. The average molecular weight is 543 g/mol. The minimum Gasteiger partial charge on any atom is -0.490 e. The molecule has 39 heavy (non-hydrogen) atoms. The number of nitrogens with one attached hydrogen (secondary N) is 1. The lowest BCUT2D eigenvalue weighted by Crippen LogP contribution is -2.44. The van der Waals surface area contributed by atoms with Crippen LogP contribution in [0.4, 0.5) is 0 Å². The molecule has 0 spiro atoms. The molecule has 0 radical (unpaired) electrons. The second-order valence-corrected chi connectivity index (χ2v) is 11.4. The van der Waals surface area contributed by atoms with E-state index >= 15 is 0 Å². The Morgan fingerprint density at radius 2 is 2.21 bits per heavy atom. The number of fused-ring (bicyclic) bond motifs is 1. The van der Waals surface area contributed by atoms with Gasteiger partial charge in [0.15, 0.2) is 4.91 Å². The second kappa shape index (κ2) is 11.9. The van der Waals surface area contributed by atoms with Crippen LogP contribution in [0.1, 0.15) is 55.8 Å². The molecule has 2 aromatic carbocycles. The van der Waals surface area contributed by atoms with Crippen molar-refractivity contribution in [1.29, 1.82) is 5.26 Å². The van der Waals surface area contributed by atoms with Gasteiger partial charge in [0.25, 0.3) is 0 Å². The molecule has 1 fully saturated rings. The Bertz CT molecular complexity index is 1450. The van der Waals surface area contributed by atoms with Gasteiger partial charge in [-0.3, -0.25) is 4.79 Å². The molecule has 1 aliphatic carbocycles. The summed E-state index contributed by atoms with van der Waals surface area (Å²) in [6, 6.07) is 14.3. The van der Waals surface area contributed by atoms with Crippen molar-refractivity contribution in [3.05, 3.63) is 64.2 Å². The maximum absolute atomic E-state index is 12.9. The van der Waals surface area contributed by atoms with Crippen molar-refractivity contribution in [2.75, 3.05) is 19.6 Å². The molecular weight excluding hydrogens is 510 g/mol.